The van der Waals surface area contributed by atoms with Crippen LogP contribution < -0.4 is 5.32 Å². The first-order valence-corrected chi connectivity index (χ1v) is 10.8. The molecule has 0 unspecified atom stereocenters. The SMILES string of the molecule is Cn1cccc1C(=O)N1CCC2(CC1)CN(Cc1cccnc1)C[C@@]21CCNC1=O. The minimum Gasteiger partial charge on any atom is -0.356 e. The van der Waals surface area contributed by atoms with Crippen LogP contribution in [0, 0.1) is 10.8 Å². The number of carbonyl (C=O) groups excluding carboxylic acids is 2. The van der Waals surface area contributed by atoms with Gasteiger partial charge in [-0.25, -0.2) is 0 Å². The Bertz CT molecular complexity index is 948. The number of fused-ring (bicyclic) bond motifs is 1. The summed E-state index contributed by atoms with van der Waals surface area (Å²) in [5.41, 5.74) is 1.50. The highest BCUT2D eigenvalue weighted by Crippen LogP contribution is 2.56. The second-order valence-electron chi connectivity index (χ2n) is 9.17. The van der Waals surface area contributed by atoms with Crippen molar-refractivity contribution in [2.45, 2.75) is 25.8 Å². The normalized spacial score (nSPS) is 25.9. The number of amides is 2. The number of aromatic nitrogens is 2. The van der Waals surface area contributed by atoms with Crippen LogP contribution in [-0.2, 0) is 18.4 Å². The van der Waals surface area contributed by atoms with Gasteiger partial charge in [0.2, 0.25) is 5.91 Å². The maximum Gasteiger partial charge on any atom is 0.270 e. The van der Waals surface area contributed by atoms with Crippen LogP contribution in [-0.4, -0.2) is 63.9 Å². The van der Waals surface area contributed by atoms with Gasteiger partial charge in [0.15, 0.2) is 0 Å². The fourth-order valence-electron chi connectivity index (χ4n) is 6.00. The molecule has 2 amide bonds. The standard InChI is InChI=1S/C23H29N5O2/c1-26-11-3-5-19(26)20(29)28-12-7-22(8-13-28)16-27(15-18-4-2-9-24-14-18)17-23(22)6-10-25-21(23)30/h2-5,9,11,14H,6-8,10,12-13,15-17H2,1H3,(H,25,30)/t23-/m1/s1. The number of hydrogen-bond acceptors (Lipinski definition) is 4. The quantitative estimate of drug-likeness (QED) is 0.840. The number of pyridine rings is 1. The second-order valence-corrected chi connectivity index (χ2v) is 9.17. The molecule has 30 heavy (non-hydrogen) atoms. The van der Waals surface area contributed by atoms with E-state index >= 15 is 0 Å². The number of hydrogen-bond donors (Lipinski definition) is 1. The molecule has 3 aliphatic heterocycles. The van der Waals surface area contributed by atoms with E-state index in [1.54, 1.807) is 6.20 Å². The van der Waals surface area contributed by atoms with Crippen molar-refractivity contribution in [1.82, 2.24) is 24.7 Å². The Labute approximate surface area is 177 Å². The number of aryl methyl sites for hydroxylation is 1. The number of piperidine rings is 1. The monoisotopic (exact) mass is 407 g/mol. The average molecular weight is 408 g/mol. The van der Waals surface area contributed by atoms with Gasteiger partial charge in [-0.05, 0) is 43.0 Å². The van der Waals surface area contributed by atoms with Gasteiger partial charge in [-0.2, -0.15) is 0 Å². The highest BCUT2D eigenvalue weighted by atomic mass is 16.2. The van der Waals surface area contributed by atoms with Crippen molar-refractivity contribution in [3.63, 3.8) is 0 Å². The van der Waals surface area contributed by atoms with Crippen LogP contribution in [0.15, 0.2) is 42.9 Å². The summed E-state index contributed by atoms with van der Waals surface area (Å²) < 4.78 is 1.88. The van der Waals surface area contributed by atoms with Crippen LogP contribution in [0.5, 0.6) is 0 Å². The molecule has 3 fully saturated rings. The zero-order chi connectivity index (χ0) is 20.8. The third-order valence-electron chi connectivity index (χ3n) is 7.61. The Balaban J connectivity index is 1.36. The minimum absolute atomic E-state index is 0.0687. The Morgan fingerprint density at radius 1 is 1.17 bits per heavy atom. The Morgan fingerprint density at radius 3 is 2.63 bits per heavy atom. The predicted octanol–water partition coefficient (Wildman–Crippen LogP) is 1.66. The maximum atomic E-state index is 13.1. The predicted molar refractivity (Wildman–Crippen MR) is 113 cm³/mol. The van der Waals surface area contributed by atoms with Crippen molar-refractivity contribution in [3.05, 3.63) is 54.1 Å². The summed E-state index contributed by atoms with van der Waals surface area (Å²) in [7, 11) is 1.91. The molecule has 0 radical (unpaired) electrons. The highest BCUT2D eigenvalue weighted by Gasteiger charge is 2.63. The van der Waals surface area contributed by atoms with E-state index in [0.717, 1.165) is 51.1 Å². The molecule has 1 atom stereocenters. The smallest absolute Gasteiger partial charge is 0.270 e. The van der Waals surface area contributed by atoms with E-state index in [9.17, 15) is 9.59 Å². The lowest BCUT2D eigenvalue weighted by atomic mass is 9.60. The maximum absolute atomic E-state index is 13.1. The molecule has 1 N–H and O–H groups in total. The fraction of sp³-hybridized carbons (Fsp3) is 0.522. The number of nitrogens with one attached hydrogen (secondary N) is 1. The van der Waals surface area contributed by atoms with Crippen molar-refractivity contribution in [2.75, 3.05) is 32.7 Å². The summed E-state index contributed by atoms with van der Waals surface area (Å²) >= 11 is 0. The summed E-state index contributed by atoms with van der Waals surface area (Å²) in [6.45, 7) is 4.68. The number of likely N-dealkylation sites (tertiary alicyclic amines) is 2. The molecule has 2 aromatic rings. The van der Waals surface area contributed by atoms with Crippen LogP contribution in [0.2, 0.25) is 0 Å². The molecule has 2 spiro atoms. The van der Waals surface area contributed by atoms with Gasteiger partial charge in [0.05, 0.1) is 5.41 Å². The van der Waals surface area contributed by atoms with Crippen LogP contribution in [0.3, 0.4) is 0 Å². The van der Waals surface area contributed by atoms with Crippen molar-refractivity contribution < 1.29 is 9.59 Å². The molecule has 0 aliphatic carbocycles. The number of nitrogens with zero attached hydrogens (tertiary/aromatic N) is 4. The molecule has 7 heteroatoms. The molecule has 0 aromatic carbocycles. The molecule has 3 saturated heterocycles. The lowest BCUT2D eigenvalue weighted by molar-refractivity contribution is -0.133. The molecule has 5 rings (SSSR count). The molecular formula is C23H29N5O2. The molecule has 0 saturated carbocycles. The van der Waals surface area contributed by atoms with E-state index in [1.807, 2.05) is 47.1 Å². The van der Waals surface area contributed by atoms with Gasteiger partial charge in [-0.1, -0.05) is 6.07 Å². The first-order chi connectivity index (χ1) is 14.5. The fourth-order valence-corrected chi connectivity index (χ4v) is 6.00. The zero-order valence-electron chi connectivity index (χ0n) is 17.5. The van der Waals surface area contributed by atoms with Gasteiger partial charge in [0, 0.05) is 70.3 Å². The number of rotatable bonds is 3. The Morgan fingerprint density at radius 2 is 2.00 bits per heavy atom. The molecule has 158 valence electrons. The topological polar surface area (TPSA) is 70.5 Å². The van der Waals surface area contributed by atoms with Gasteiger partial charge < -0.3 is 14.8 Å². The van der Waals surface area contributed by atoms with Crippen molar-refractivity contribution in [1.29, 1.82) is 0 Å². The largest absolute Gasteiger partial charge is 0.356 e. The van der Waals surface area contributed by atoms with Gasteiger partial charge in [-0.15, -0.1) is 0 Å². The summed E-state index contributed by atoms with van der Waals surface area (Å²) in [5, 5.41) is 3.11. The Kier molecular flexibility index (Phi) is 4.65. The van der Waals surface area contributed by atoms with Crippen molar-refractivity contribution in [2.24, 2.45) is 17.9 Å². The third-order valence-corrected chi connectivity index (χ3v) is 7.61. The van der Waals surface area contributed by atoms with Gasteiger partial charge >= 0.3 is 0 Å². The van der Waals surface area contributed by atoms with Crippen LogP contribution in [0.25, 0.3) is 0 Å². The number of carbonyl (C=O) groups is 2. The molecular weight excluding hydrogens is 378 g/mol. The second kappa shape index (κ2) is 7.23. The van der Waals surface area contributed by atoms with E-state index in [0.29, 0.717) is 13.1 Å². The van der Waals surface area contributed by atoms with Gasteiger partial charge in [-0.3, -0.25) is 19.5 Å². The van der Waals surface area contributed by atoms with E-state index in [1.165, 1.54) is 5.56 Å². The first-order valence-electron chi connectivity index (χ1n) is 10.8. The van der Waals surface area contributed by atoms with Gasteiger partial charge in [0.25, 0.3) is 5.91 Å². The third kappa shape index (κ3) is 2.95. The van der Waals surface area contributed by atoms with Crippen molar-refractivity contribution in [3.8, 4) is 0 Å². The van der Waals surface area contributed by atoms with Crippen LogP contribution in [0.1, 0.15) is 35.3 Å². The molecule has 7 nitrogen and oxygen atoms in total. The summed E-state index contributed by atoms with van der Waals surface area (Å²) in [4.78, 5) is 34.7. The first kappa shape index (κ1) is 19.3. The highest BCUT2D eigenvalue weighted by molar-refractivity contribution is 5.93. The lowest BCUT2D eigenvalue weighted by Crippen LogP contribution is -2.53. The molecule has 2 aromatic heterocycles. The van der Waals surface area contributed by atoms with E-state index in [2.05, 4.69) is 21.3 Å². The molecule has 5 heterocycles. The summed E-state index contributed by atoms with van der Waals surface area (Å²) in [6, 6.07) is 7.85. The van der Waals surface area contributed by atoms with Crippen LogP contribution in [0.4, 0.5) is 0 Å². The van der Waals surface area contributed by atoms with Gasteiger partial charge in [0.1, 0.15) is 5.69 Å². The summed E-state index contributed by atoms with van der Waals surface area (Å²) in [6.07, 6.45) is 8.25. The Hall–Kier alpha value is -2.67. The molecule has 0 bridgehead atoms. The molecule has 3 aliphatic rings. The van der Waals surface area contributed by atoms with Crippen LogP contribution >= 0.6 is 0 Å². The summed E-state index contributed by atoms with van der Waals surface area (Å²) in [5.74, 6) is 0.297. The van der Waals surface area contributed by atoms with E-state index in [-0.39, 0.29) is 22.6 Å². The van der Waals surface area contributed by atoms with E-state index in [4.69, 9.17) is 0 Å². The van der Waals surface area contributed by atoms with E-state index < -0.39 is 0 Å². The average Bonchev–Trinajstić information content (AvgIpc) is 3.42. The van der Waals surface area contributed by atoms with Crippen molar-refractivity contribution >= 4 is 11.8 Å². The minimum atomic E-state index is -0.338. The zero-order valence-corrected chi connectivity index (χ0v) is 17.5. The lowest BCUT2D eigenvalue weighted by Gasteiger charge is -2.46.